The monoisotopic (exact) mass is 253 g/mol. The summed E-state index contributed by atoms with van der Waals surface area (Å²) in [5.74, 6) is 0.0458. The minimum absolute atomic E-state index is 0.0419. The Morgan fingerprint density at radius 3 is 2.94 bits per heavy atom. The smallest absolute Gasteiger partial charge is 0.234 e. The molecule has 0 aliphatic carbocycles. The van der Waals surface area contributed by atoms with Gasteiger partial charge in [0.1, 0.15) is 12.7 Å². The Morgan fingerprint density at radius 1 is 1.50 bits per heavy atom. The summed E-state index contributed by atoms with van der Waals surface area (Å²) in [6.45, 7) is 6.10. The van der Waals surface area contributed by atoms with E-state index in [-0.39, 0.29) is 11.9 Å². The van der Waals surface area contributed by atoms with Gasteiger partial charge < -0.3 is 10.1 Å². The molecular formula is C11H19N5O2. The molecule has 7 heteroatoms. The minimum atomic E-state index is 0.0419. The molecule has 0 bridgehead atoms. The lowest BCUT2D eigenvalue weighted by Gasteiger charge is -2.26. The summed E-state index contributed by atoms with van der Waals surface area (Å²) in [4.78, 5) is 17.8. The first-order valence-electron chi connectivity index (χ1n) is 6.16. The van der Waals surface area contributed by atoms with Crippen molar-refractivity contribution in [1.82, 2.24) is 25.0 Å². The van der Waals surface area contributed by atoms with Gasteiger partial charge >= 0.3 is 0 Å². The van der Waals surface area contributed by atoms with Crippen LogP contribution in [0.25, 0.3) is 0 Å². The molecule has 1 aromatic rings. The van der Waals surface area contributed by atoms with Crippen LogP contribution in [0.1, 0.15) is 6.92 Å². The lowest BCUT2D eigenvalue weighted by molar-refractivity contribution is -0.123. The van der Waals surface area contributed by atoms with Crippen LogP contribution in [0.5, 0.6) is 0 Å². The number of hydrogen-bond donors (Lipinski definition) is 1. The number of morpholine rings is 1. The fourth-order valence-electron chi connectivity index (χ4n) is 1.94. The zero-order valence-electron chi connectivity index (χ0n) is 10.6. The number of ether oxygens (including phenoxy) is 1. The van der Waals surface area contributed by atoms with Crippen molar-refractivity contribution in [3.8, 4) is 0 Å². The van der Waals surface area contributed by atoms with Gasteiger partial charge in [-0.15, -0.1) is 0 Å². The Balaban J connectivity index is 1.69. The van der Waals surface area contributed by atoms with Crippen molar-refractivity contribution in [2.45, 2.75) is 19.5 Å². The van der Waals surface area contributed by atoms with Crippen LogP contribution in [0.4, 0.5) is 0 Å². The fourth-order valence-corrected chi connectivity index (χ4v) is 1.94. The van der Waals surface area contributed by atoms with Crippen molar-refractivity contribution >= 4 is 5.91 Å². The van der Waals surface area contributed by atoms with Gasteiger partial charge in [0.2, 0.25) is 5.91 Å². The molecule has 1 N–H and O–H groups in total. The van der Waals surface area contributed by atoms with E-state index in [1.54, 1.807) is 11.0 Å². The van der Waals surface area contributed by atoms with E-state index < -0.39 is 0 Å². The predicted octanol–water partition coefficient (Wildman–Crippen LogP) is -0.885. The molecule has 0 saturated carbocycles. The second-order valence-corrected chi connectivity index (χ2v) is 4.47. The van der Waals surface area contributed by atoms with Crippen LogP contribution in [0.2, 0.25) is 0 Å². The molecule has 2 heterocycles. The van der Waals surface area contributed by atoms with Crippen molar-refractivity contribution in [1.29, 1.82) is 0 Å². The van der Waals surface area contributed by atoms with Crippen molar-refractivity contribution in [2.24, 2.45) is 0 Å². The summed E-state index contributed by atoms with van der Waals surface area (Å²) < 4.78 is 6.95. The Hall–Kier alpha value is -1.47. The quantitative estimate of drug-likeness (QED) is 0.737. The van der Waals surface area contributed by atoms with E-state index in [0.717, 1.165) is 13.1 Å². The van der Waals surface area contributed by atoms with Crippen molar-refractivity contribution in [3.63, 3.8) is 0 Å². The molecule has 1 fully saturated rings. The van der Waals surface area contributed by atoms with Crippen molar-refractivity contribution in [2.75, 3.05) is 32.8 Å². The van der Waals surface area contributed by atoms with E-state index in [1.165, 1.54) is 6.33 Å². The lowest BCUT2D eigenvalue weighted by atomic mass is 10.3. The first kappa shape index (κ1) is 13.0. The van der Waals surface area contributed by atoms with Crippen LogP contribution < -0.4 is 5.32 Å². The third kappa shape index (κ3) is 4.08. The normalized spacial score (nSPS) is 18.5. The minimum Gasteiger partial charge on any atom is -0.379 e. The highest BCUT2D eigenvalue weighted by Crippen LogP contribution is 1.96. The highest BCUT2D eigenvalue weighted by Gasteiger charge is 2.15. The van der Waals surface area contributed by atoms with E-state index in [4.69, 9.17) is 4.74 Å². The topological polar surface area (TPSA) is 72.3 Å². The summed E-state index contributed by atoms with van der Waals surface area (Å²) in [5.41, 5.74) is 0. The maximum Gasteiger partial charge on any atom is 0.234 e. The van der Waals surface area contributed by atoms with E-state index in [0.29, 0.717) is 26.3 Å². The third-order valence-electron chi connectivity index (χ3n) is 2.81. The molecule has 100 valence electrons. The molecule has 1 aromatic heterocycles. The highest BCUT2D eigenvalue weighted by molar-refractivity contribution is 5.78. The first-order chi connectivity index (χ1) is 8.74. The van der Waals surface area contributed by atoms with E-state index in [1.807, 2.05) is 6.92 Å². The number of carbonyl (C=O) groups is 1. The number of hydrogen-bond acceptors (Lipinski definition) is 5. The average molecular weight is 253 g/mol. The third-order valence-corrected chi connectivity index (χ3v) is 2.81. The maximum absolute atomic E-state index is 11.8. The van der Waals surface area contributed by atoms with Gasteiger partial charge in [0, 0.05) is 19.1 Å². The molecule has 1 aliphatic rings. The summed E-state index contributed by atoms with van der Waals surface area (Å²) in [6.07, 6.45) is 3.13. The van der Waals surface area contributed by atoms with Gasteiger partial charge in [0.15, 0.2) is 0 Å². The number of aromatic nitrogens is 3. The van der Waals surface area contributed by atoms with E-state index >= 15 is 0 Å². The van der Waals surface area contributed by atoms with Crippen molar-refractivity contribution in [3.05, 3.63) is 12.7 Å². The van der Waals surface area contributed by atoms with Gasteiger partial charge in [-0.3, -0.25) is 14.4 Å². The molecule has 0 spiro atoms. The molecular weight excluding hydrogens is 234 g/mol. The summed E-state index contributed by atoms with van der Waals surface area (Å²) in [5, 5.41) is 6.96. The van der Waals surface area contributed by atoms with Crippen LogP contribution in [0.3, 0.4) is 0 Å². The second kappa shape index (κ2) is 6.46. The standard InChI is InChI=1S/C11H19N5O2/c1-10(6-16-9-12-8-13-16)14-11(17)7-15-2-4-18-5-3-15/h8-10H,2-7H2,1H3,(H,14,17)/t10-/m1/s1. The molecule has 0 aromatic carbocycles. The molecule has 1 amide bonds. The molecule has 1 aliphatic heterocycles. The predicted molar refractivity (Wildman–Crippen MR) is 64.9 cm³/mol. The number of nitrogens with zero attached hydrogens (tertiary/aromatic N) is 4. The van der Waals surface area contributed by atoms with Gasteiger partial charge in [-0.05, 0) is 6.92 Å². The fraction of sp³-hybridized carbons (Fsp3) is 0.727. The first-order valence-corrected chi connectivity index (χ1v) is 6.16. The number of carbonyl (C=O) groups excluding carboxylic acids is 1. The van der Waals surface area contributed by atoms with Gasteiger partial charge in [0.25, 0.3) is 0 Å². The van der Waals surface area contributed by atoms with Crippen molar-refractivity contribution < 1.29 is 9.53 Å². The second-order valence-electron chi connectivity index (χ2n) is 4.47. The van der Waals surface area contributed by atoms with Crippen LogP contribution in [0.15, 0.2) is 12.7 Å². The zero-order chi connectivity index (χ0) is 12.8. The van der Waals surface area contributed by atoms with Crippen LogP contribution in [-0.2, 0) is 16.1 Å². The Kier molecular flexibility index (Phi) is 4.66. The van der Waals surface area contributed by atoms with E-state index in [2.05, 4.69) is 20.3 Å². The van der Waals surface area contributed by atoms with Gasteiger partial charge in [-0.1, -0.05) is 0 Å². The van der Waals surface area contributed by atoms with E-state index in [9.17, 15) is 4.79 Å². The molecule has 18 heavy (non-hydrogen) atoms. The molecule has 7 nitrogen and oxygen atoms in total. The number of nitrogens with one attached hydrogen (secondary N) is 1. The molecule has 0 unspecified atom stereocenters. The lowest BCUT2D eigenvalue weighted by Crippen LogP contribution is -2.46. The molecule has 2 rings (SSSR count). The Bertz CT molecular complexity index is 362. The Morgan fingerprint density at radius 2 is 2.28 bits per heavy atom. The zero-order valence-corrected chi connectivity index (χ0v) is 10.6. The summed E-state index contributed by atoms with van der Waals surface area (Å²) in [6, 6.07) is 0.0419. The Labute approximate surface area is 106 Å². The molecule has 1 atom stereocenters. The summed E-state index contributed by atoms with van der Waals surface area (Å²) in [7, 11) is 0. The highest BCUT2D eigenvalue weighted by atomic mass is 16.5. The number of rotatable bonds is 5. The van der Waals surface area contributed by atoms with Gasteiger partial charge in [-0.25, -0.2) is 4.98 Å². The van der Waals surface area contributed by atoms with Gasteiger partial charge in [-0.2, -0.15) is 5.10 Å². The molecule has 0 radical (unpaired) electrons. The summed E-state index contributed by atoms with van der Waals surface area (Å²) >= 11 is 0. The van der Waals surface area contributed by atoms with Gasteiger partial charge in [0.05, 0.1) is 26.3 Å². The largest absolute Gasteiger partial charge is 0.379 e. The number of amides is 1. The van der Waals surface area contributed by atoms with Crippen LogP contribution >= 0.6 is 0 Å². The average Bonchev–Trinajstić information content (AvgIpc) is 2.82. The van der Waals surface area contributed by atoms with Crippen LogP contribution in [0, 0.1) is 0 Å². The SMILES string of the molecule is C[C@H](Cn1cncn1)NC(=O)CN1CCOCC1. The maximum atomic E-state index is 11.8. The van der Waals surface area contributed by atoms with Crippen LogP contribution in [-0.4, -0.2) is 64.5 Å². The molecule has 1 saturated heterocycles.